The number of methoxy groups -OCH3 is 1. The minimum absolute atomic E-state index is 0.238. The van der Waals surface area contributed by atoms with Crippen LogP contribution in [-0.4, -0.2) is 29.5 Å². The lowest BCUT2D eigenvalue weighted by Crippen LogP contribution is -2.38. The van der Waals surface area contributed by atoms with Crippen molar-refractivity contribution in [2.75, 3.05) is 19.5 Å². The maximum absolute atomic E-state index is 10.0. The summed E-state index contributed by atoms with van der Waals surface area (Å²) in [5.74, 6) is 1.56. The number of halogens is 1. The van der Waals surface area contributed by atoms with E-state index < -0.39 is 0 Å². The molecule has 1 aromatic heterocycles. The number of thiophene rings is 1. The fourth-order valence-corrected chi connectivity index (χ4v) is 5.41. The highest BCUT2D eigenvalue weighted by Crippen LogP contribution is 2.45. The van der Waals surface area contributed by atoms with Gasteiger partial charge in [0, 0.05) is 40.3 Å². The largest absolute Gasteiger partial charge is 0.504 e. The molecule has 4 rings (SSSR count). The Morgan fingerprint density at radius 3 is 3.09 bits per heavy atom. The Bertz CT molecular complexity index is 743. The molecule has 3 nitrogen and oxygen atoms in total. The summed E-state index contributed by atoms with van der Waals surface area (Å²) in [4.78, 5) is 5.45. The Kier molecular flexibility index (Phi) is 4.00. The van der Waals surface area contributed by atoms with Crippen LogP contribution in [0.3, 0.4) is 0 Å². The van der Waals surface area contributed by atoms with E-state index in [0.29, 0.717) is 17.7 Å². The third-order valence-corrected chi connectivity index (χ3v) is 6.43. The van der Waals surface area contributed by atoms with Crippen molar-refractivity contribution in [1.29, 1.82) is 0 Å². The number of phenols is 1. The number of fused-ring (bicyclic) bond motifs is 4. The van der Waals surface area contributed by atoms with E-state index in [1.54, 1.807) is 13.2 Å². The first kappa shape index (κ1) is 15.3. The van der Waals surface area contributed by atoms with Crippen LogP contribution >= 0.6 is 22.9 Å². The third-order valence-electron chi connectivity index (χ3n) is 4.97. The minimum Gasteiger partial charge on any atom is -0.504 e. The summed E-state index contributed by atoms with van der Waals surface area (Å²) in [7, 11) is 1.63. The van der Waals surface area contributed by atoms with Crippen molar-refractivity contribution in [1.82, 2.24) is 4.90 Å². The lowest BCUT2D eigenvalue weighted by Gasteiger charge is -2.40. The van der Waals surface area contributed by atoms with Gasteiger partial charge in [-0.15, -0.1) is 22.9 Å². The number of nitrogens with zero attached hydrogens (tertiary/aromatic N) is 1. The molecule has 1 atom stereocenters. The van der Waals surface area contributed by atoms with Crippen LogP contribution in [0.1, 0.15) is 32.5 Å². The topological polar surface area (TPSA) is 32.7 Å². The van der Waals surface area contributed by atoms with E-state index in [9.17, 15) is 5.11 Å². The summed E-state index contributed by atoms with van der Waals surface area (Å²) in [5, 5.41) is 10.0. The fourth-order valence-electron chi connectivity index (χ4n) is 3.88. The average Bonchev–Trinajstić information content (AvgIpc) is 2.96. The summed E-state index contributed by atoms with van der Waals surface area (Å²) in [6.07, 6.45) is 3.05. The zero-order valence-corrected chi connectivity index (χ0v) is 14.7. The van der Waals surface area contributed by atoms with Gasteiger partial charge in [-0.2, -0.15) is 0 Å². The first-order valence-corrected chi connectivity index (χ1v) is 9.35. The van der Waals surface area contributed by atoms with Crippen LogP contribution in [-0.2, 0) is 25.8 Å². The number of rotatable bonds is 3. The molecule has 0 spiro atoms. The highest BCUT2D eigenvalue weighted by Gasteiger charge is 2.34. The molecule has 5 heteroatoms. The molecule has 0 aliphatic carbocycles. The van der Waals surface area contributed by atoms with Gasteiger partial charge in [-0.3, -0.25) is 4.90 Å². The first-order valence-electron chi connectivity index (χ1n) is 8.00. The number of ether oxygens (including phenoxy) is 1. The normalized spacial score (nSPS) is 19.8. The van der Waals surface area contributed by atoms with E-state index in [4.69, 9.17) is 16.3 Å². The van der Waals surface area contributed by atoms with Crippen LogP contribution < -0.4 is 4.74 Å². The van der Waals surface area contributed by atoms with Crippen LogP contribution in [0.4, 0.5) is 0 Å². The SMILES string of the molecule is COc1c(O)ccc2c1CN1CCc3sc(CCCl)cc3[C@@H]1C2. The number of aromatic hydroxyl groups is 1. The first-order chi connectivity index (χ1) is 11.2. The second-order valence-corrected chi connectivity index (χ2v) is 7.83. The number of benzene rings is 1. The Morgan fingerprint density at radius 2 is 2.30 bits per heavy atom. The molecule has 0 unspecified atom stereocenters. The van der Waals surface area contributed by atoms with E-state index in [0.717, 1.165) is 37.9 Å². The number of hydrogen-bond donors (Lipinski definition) is 1. The van der Waals surface area contributed by atoms with E-state index in [2.05, 4.69) is 11.0 Å². The highest BCUT2D eigenvalue weighted by atomic mass is 35.5. The van der Waals surface area contributed by atoms with Gasteiger partial charge in [0.1, 0.15) is 0 Å². The summed E-state index contributed by atoms with van der Waals surface area (Å²) in [6, 6.07) is 6.61. The Balaban J connectivity index is 1.72. The zero-order chi connectivity index (χ0) is 16.0. The molecular weight excluding hydrogens is 330 g/mol. The second-order valence-electron chi connectivity index (χ2n) is 6.23. The van der Waals surface area contributed by atoms with Crippen molar-refractivity contribution in [3.8, 4) is 11.5 Å². The maximum atomic E-state index is 10.0. The molecule has 2 aliphatic rings. The van der Waals surface area contributed by atoms with E-state index in [-0.39, 0.29) is 5.75 Å². The molecule has 1 aromatic carbocycles. The summed E-state index contributed by atoms with van der Waals surface area (Å²) >= 11 is 7.84. The summed E-state index contributed by atoms with van der Waals surface area (Å²) in [5.41, 5.74) is 3.92. The number of phenolic OH excluding ortho intramolecular Hbond substituents is 1. The minimum atomic E-state index is 0.238. The maximum Gasteiger partial charge on any atom is 0.165 e. The van der Waals surface area contributed by atoms with Gasteiger partial charge in [0.2, 0.25) is 0 Å². The average molecular weight is 350 g/mol. The van der Waals surface area contributed by atoms with Crippen LogP contribution in [0.5, 0.6) is 11.5 Å². The van der Waals surface area contributed by atoms with Crippen molar-refractivity contribution in [2.24, 2.45) is 0 Å². The molecular formula is C18H20ClNO2S. The molecule has 2 aliphatic heterocycles. The Morgan fingerprint density at radius 1 is 1.43 bits per heavy atom. The molecule has 0 fully saturated rings. The summed E-state index contributed by atoms with van der Waals surface area (Å²) in [6.45, 7) is 1.91. The molecule has 0 amide bonds. The van der Waals surface area contributed by atoms with Crippen LogP contribution in [0.2, 0.25) is 0 Å². The second kappa shape index (κ2) is 6.00. The number of alkyl halides is 1. The molecule has 0 saturated carbocycles. The molecule has 23 heavy (non-hydrogen) atoms. The molecule has 122 valence electrons. The van der Waals surface area contributed by atoms with Gasteiger partial charge in [0.15, 0.2) is 11.5 Å². The monoisotopic (exact) mass is 349 g/mol. The standard InChI is InChI=1S/C18H20ClNO2S/c1-22-18-14-10-20-7-5-17-13(9-12(23-17)4-6-19)15(20)8-11(14)2-3-16(18)21/h2-3,9,15,21H,4-8,10H2,1H3/t15-/m0/s1. The van der Waals surface area contributed by atoms with Crippen molar-refractivity contribution >= 4 is 22.9 Å². The molecule has 0 bridgehead atoms. The van der Waals surface area contributed by atoms with Crippen molar-refractivity contribution in [3.05, 3.63) is 44.6 Å². The van der Waals surface area contributed by atoms with Crippen LogP contribution in [0.15, 0.2) is 18.2 Å². The third kappa shape index (κ3) is 2.53. The quantitative estimate of drug-likeness (QED) is 0.853. The molecule has 3 heterocycles. The molecule has 0 radical (unpaired) electrons. The van der Waals surface area contributed by atoms with Gasteiger partial charge in [0.05, 0.1) is 7.11 Å². The van der Waals surface area contributed by atoms with Gasteiger partial charge in [-0.1, -0.05) is 6.07 Å². The van der Waals surface area contributed by atoms with Crippen molar-refractivity contribution in [3.63, 3.8) is 0 Å². The fraction of sp³-hybridized carbons (Fsp3) is 0.444. The van der Waals surface area contributed by atoms with Gasteiger partial charge >= 0.3 is 0 Å². The van der Waals surface area contributed by atoms with Gasteiger partial charge in [-0.25, -0.2) is 0 Å². The highest BCUT2D eigenvalue weighted by molar-refractivity contribution is 7.12. The predicted molar refractivity (Wildman–Crippen MR) is 94.0 cm³/mol. The van der Waals surface area contributed by atoms with Gasteiger partial charge in [-0.05, 0) is 42.5 Å². The molecule has 1 N–H and O–H groups in total. The van der Waals surface area contributed by atoms with Crippen molar-refractivity contribution in [2.45, 2.75) is 31.8 Å². The van der Waals surface area contributed by atoms with E-state index >= 15 is 0 Å². The van der Waals surface area contributed by atoms with Crippen LogP contribution in [0, 0.1) is 0 Å². The zero-order valence-electron chi connectivity index (χ0n) is 13.1. The van der Waals surface area contributed by atoms with Crippen molar-refractivity contribution < 1.29 is 9.84 Å². The van der Waals surface area contributed by atoms with Gasteiger partial charge in [0.25, 0.3) is 0 Å². The lowest BCUT2D eigenvalue weighted by atomic mass is 9.86. The Labute approximate surface area is 145 Å². The predicted octanol–water partition coefficient (Wildman–Crippen LogP) is 3.90. The molecule has 0 saturated heterocycles. The lowest BCUT2D eigenvalue weighted by molar-refractivity contribution is 0.159. The molecule has 2 aromatic rings. The van der Waals surface area contributed by atoms with E-state index in [1.165, 1.54) is 20.9 Å². The number of hydrogen-bond acceptors (Lipinski definition) is 4. The summed E-state index contributed by atoms with van der Waals surface area (Å²) < 4.78 is 5.44. The number of aryl methyl sites for hydroxylation is 1. The van der Waals surface area contributed by atoms with Gasteiger partial charge < -0.3 is 9.84 Å². The Hall–Kier alpha value is -1.23. The smallest absolute Gasteiger partial charge is 0.165 e. The van der Waals surface area contributed by atoms with Crippen LogP contribution in [0.25, 0.3) is 0 Å². The van der Waals surface area contributed by atoms with E-state index in [1.807, 2.05) is 17.4 Å².